The van der Waals surface area contributed by atoms with Gasteiger partial charge in [0.1, 0.15) is 0 Å². The Balaban J connectivity index is 1.93. The number of aryl methyl sites for hydroxylation is 1. The third kappa shape index (κ3) is 4.07. The van der Waals surface area contributed by atoms with Crippen molar-refractivity contribution in [3.63, 3.8) is 0 Å². The monoisotopic (exact) mass is 270 g/mol. The molecule has 0 aromatic heterocycles. The molecule has 19 heavy (non-hydrogen) atoms. The molecule has 0 heterocycles. The van der Waals surface area contributed by atoms with Crippen molar-refractivity contribution in [2.24, 2.45) is 0 Å². The maximum absolute atomic E-state index is 5.32. The fourth-order valence-electron chi connectivity index (χ4n) is 1.82. The van der Waals surface area contributed by atoms with Gasteiger partial charge in [0.15, 0.2) is 5.11 Å². The van der Waals surface area contributed by atoms with E-state index < -0.39 is 0 Å². The number of anilines is 1. The zero-order valence-corrected chi connectivity index (χ0v) is 12.0. The van der Waals surface area contributed by atoms with Crippen LogP contribution in [0.15, 0.2) is 54.6 Å². The zero-order chi connectivity index (χ0) is 13.7. The SMILES string of the molecule is Cc1ccc(C(C)NC(=S)Nc2ccccc2)cc1. The number of benzene rings is 2. The molecular weight excluding hydrogens is 252 g/mol. The lowest BCUT2D eigenvalue weighted by Gasteiger charge is -2.17. The molecule has 1 unspecified atom stereocenters. The van der Waals surface area contributed by atoms with E-state index in [2.05, 4.69) is 48.7 Å². The third-order valence-electron chi connectivity index (χ3n) is 2.96. The average molecular weight is 270 g/mol. The number of para-hydroxylation sites is 1. The van der Waals surface area contributed by atoms with E-state index in [9.17, 15) is 0 Å². The molecule has 0 saturated carbocycles. The quantitative estimate of drug-likeness (QED) is 0.823. The van der Waals surface area contributed by atoms with E-state index >= 15 is 0 Å². The van der Waals surface area contributed by atoms with Crippen LogP contribution in [0.5, 0.6) is 0 Å². The van der Waals surface area contributed by atoms with Crippen LogP contribution in [-0.4, -0.2) is 5.11 Å². The summed E-state index contributed by atoms with van der Waals surface area (Å²) in [5.74, 6) is 0. The molecule has 2 aromatic rings. The summed E-state index contributed by atoms with van der Waals surface area (Å²) in [7, 11) is 0. The first-order valence-corrected chi connectivity index (χ1v) is 6.75. The number of hydrogen-bond acceptors (Lipinski definition) is 1. The summed E-state index contributed by atoms with van der Waals surface area (Å²) >= 11 is 5.32. The van der Waals surface area contributed by atoms with Gasteiger partial charge in [-0.1, -0.05) is 48.0 Å². The molecule has 0 bridgehead atoms. The lowest BCUT2D eigenvalue weighted by Crippen LogP contribution is -2.30. The largest absolute Gasteiger partial charge is 0.356 e. The van der Waals surface area contributed by atoms with Crippen molar-refractivity contribution in [1.82, 2.24) is 5.32 Å². The van der Waals surface area contributed by atoms with Crippen molar-refractivity contribution in [2.45, 2.75) is 19.9 Å². The molecule has 0 aliphatic carbocycles. The van der Waals surface area contributed by atoms with Gasteiger partial charge in [0, 0.05) is 5.69 Å². The summed E-state index contributed by atoms with van der Waals surface area (Å²) in [6.45, 7) is 4.19. The molecule has 0 saturated heterocycles. The molecule has 2 rings (SSSR count). The first-order valence-electron chi connectivity index (χ1n) is 6.34. The van der Waals surface area contributed by atoms with Gasteiger partial charge < -0.3 is 10.6 Å². The van der Waals surface area contributed by atoms with Crippen LogP contribution < -0.4 is 10.6 Å². The minimum absolute atomic E-state index is 0.185. The molecule has 2 N–H and O–H groups in total. The van der Waals surface area contributed by atoms with Crippen molar-refractivity contribution in [1.29, 1.82) is 0 Å². The normalized spacial score (nSPS) is 11.7. The summed E-state index contributed by atoms with van der Waals surface area (Å²) in [4.78, 5) is 0. The lowest BCUT2D eigenvalue weighted by atomic mass is 10.1. The van der Waals surface area contributed by atoms with E-state index in [1.807, 2.05) is 30.3 Å². The van der Waals surface area contributed by atoms with Crippen molar-refractivity contribution in [2.75, 3.05) is 5.32 Å². The third-order valence-corrected chi connectivity index (χ3v) is 3.18. The Labute approximate surface area is 119 Å². The Bertz CT molecular complexity index is 534. The van der Waals surface area contributed by atoms with E-state index in [-0.39, 0.29) is 6.04 Å². The second-order valence-corrected chi connectivity index (χ2v) is 5.01. The van der Waals surface area contributed by atoms with Crippen LogP contribution in [0.3, 0.4) is 0 Å². The summed E-state index contributed by atoms with van der Waals surface area (Å²) in [5, 5.41) is 7.10. The number of hydrogen-bond donors (Lipinski definition) is 2. The number of rotatable bonds is 3. The predicted molar refractivity (Wildman–Crippen MR) is 85.4 cm³/mol. The molecule has 1 atom stereocenters. The Kier molecular flexibility index (Phi) is 4.53. The molecular formula is C16H18N2S. The first-order chi connectivity index (χ1) is 9.15. The van der Waals surface area contributed by atoms with Crippen molar-refractivity contribution < 1.29 is 0 Å². The molecule has 3 heteroatoms. The molecule has 0 spiro atoms. The fraction of sp³-hybridized carbons (Fsp3) is 0.188. The highest BCUT2D eigenvalue weighted by Crippen LogP contribution is 2.13. The fourth-order valence-corrected chi connectivity index (χ4v) is 2.12. The van der Waals surface area contributed by atoms with E-state index in [4.69, 9.17) is 12.2 Å². The summed E-state index contributed by atoms with van der Waals surface area (Å²) in [6, 6.07) is 18.6. The second-order valence-electron chi connectivity index (χ2n) is 4.60. The summed E-state index contributed by atoms with van der Waals surface area (Å²) in [5.41, 5.74) is 3.49. The Morgan fingerprint density at radius 3 is 2.26 bits per heavy atom. The van der Waals surface area contributed by atoms with Crippen LogP contribution in [0, 0.1) is 6.92 Å². The van der Waals surface area contributed by atoms with Gasteiger partial charge in [-0.05, 0) is 43.8 Å². The Morgan fingerprint density at radius 1 is 1.00 bits per heavy atom. The predicted octanol–water partition coefficient (Wildman–Crippen LogP) is 4.04. The molecule has 0 amide bonds. The standard InChI is InChI=1S/C16H18N2S/c1-12-8-10-14(11-9-12)13(2)17-16(19)18-15-6-4-3-5-7-15/h3-11,13H,1-2H3,(H2,17,18,19). The molecule has 98 valence electrons. The maximum atomic E-state index is 5.32. The first kappa shape index (κ1) is 13.6. The van der Waals surface area contributed by atoms with Crippen LogP contribution in [0.2, 0.25) is 0 Å². The lowest BCUT2D eigenvalue weighted by molar-refractivity contribution is 0.722. The van der Waals surface area contributed by atoms with Gasteiger partial charge in [-0.2, -0.15) is 0 Å². The van der Waals surface area contributed by atoms with Gasteiger partial charge in [-0.25, -0.2) is 0 Å². The highest BCUT2D eigenvalue weighted by atomic mass is 32.1. The molecule has 0 fully saturated rings. The van der Waals surface area contributed by atoms with Crippen molar-refractivity contribution in [3.8, 4) is 0 Å². The van der Waals surface area contributed by atoms with E-state index in [1.165, 1.54) is 11.1 Å². The minimum Gasteiger partial charge on any atom is -0.356 e. The smallest absolute Gasteiger partial charge is 0.171 e. The molecule has 0 aliphatic rings. The van der Waals surface area contributed by atoms with Gasteiger partial charge in [-0.15, -0.1) is 0 Å². The average Bonchev–Trinajstić information content (AvgIpc) is 2.40. The number of thiocarbonyl (C=S) groups is 1. The van der Waals surface area contributed by atoms with Crippen LogP contribution >= 0.6 is 12.2 Å². The highest BCUT2D eigenvalue weighted by Gasteiger charge is 2.06. The van der Waals surface area contributed by atoms with Crippen molar-refractivity contribution >= 4 is 23.0 Å². The van der Waals surface area contributed by atoms with Crippen molar-refractivity contribution in [3.05, 3.63) is 65.7 Å². The van der Waals surface area contributed by atoms with Gasteiger partial charge in [0.05, 0.1) is 6.04 Å². The molecule has 2 aromatic carbocycles. The molecule has 0 radical (unpaired) electrons. The van der Waals surface area contributed by atoms with Gasteiger partial charge in [0.25, 0.3) is 0 Å². The Hall–Kier alpha value is -1.87. The van der Waals surface area contributed by atoms with Crippen LogP contribution in [0.1, 0.15) is 24.1 Å². The Morgan fingerprint density at radius 2 is 1.63 bits per heavy atom. The summed E-state index contributed by atoms with van der Waals surface area (Å²) < 4.78 is 0. The minimum atomic E-state index is 0.185. The van der Waals surface area contributed by atoms with E-state index in [0.29, 0.717) is 5.11 Å². The van der Waals surface area contributed by atoms with Crippen LogP contribution in [0.25, 0.3) is 0 Å². The van der Waals surface area contributed by atoms with E-state index in [1.54, 1.807) is 0 Å². The second kappa shape index (κ2) is 6.34. The van der Waals surface area contributed by atoms with E-state index in [0.717, 1.165) is 5.69 Å². The van der Waals surface area contributed by atoms with Crippen LogP contribution in [0.4, 0.5) is 5.69 Å². The number of nitrogens with one attached hydrogen (secondary N) is 2. The molecule has 0 aliphatic heterocycles. The van der Waals surface area contributed by atoms with Gasteiger partial charge in [0.2, 0.25) is 0 Å². The molecule has 2 nitrogen and oxygen atoms in total. The maximum Gasteiger partial charge on any atom is 0.171 e. The van der Waals surface area contributed by atoms with Gasteiger partial charge >= 0.3 is 0 Å². The van der Waals surface area contributed by atoms with Gasteiger partial charge in [-0.3, -0.25) is 0 Å². The highest BCUT2D eigenvalue weighted by molar-refractivity contribution is 7.80. The topological polar surface area (TPSA) is 24.1 Å². The zero-order valence-electron chi connectivity index (χ0n) is 11.2. The summed E-state index contributed by atoms with van der Waals surface area (Å²) in [6.07, 6.45) is 0. The van der Waals surface area contributed by atoms with Crippen LogP contribution in [-0.2, 0) is 0 Å².